The molecule has 6 heteroatoms. The third-order valence-corrected chi connectivity index (χ3v) is 2.44. The van der Waals surface area contributed by atoms with Crippen LogP contribution in [0.3, 0.4) is 0 Å². The predicted octanol–water partition coefficient (Wildman–Crippen LogP) is 1.54. The number of hydrogen-bond acceptors (Lipinski definition) is 5. The SMILES string of the molecule is COCCN(CCOC)c1cc(C)nc(Cl)n1. The van der Waals surface area contributed by atoms with E-state index in [-0.39, 0.29) is 5.28 Å². The molecule has 0 unspecified atom stereocenters. The van der Waals surface area contributed by atoms with Gasteiger partial charge in [-0.3, -0.25) is 0 Å². The molecule has 5 nitrogen and oxygen atoms in total. The molecule has 1 heterocycles. The van der Waals surface area contributed by atoms with Gasteiger partial charge in [-0.15, -0.1) is 0 Å². The lowest BCUT2D eigenvalue weighted by Gasteiger charge is -2.23. The highest BCUT2D eigenvalue weighted by molar-refractivity contribution is 6.28. The molecule has 0 aliphatic heterocycles. The van der Waals surface area contributed by atoms with Gasteiger partial charge in [-0.1, -0.05) is 0 Å². The summed E-state index contributed by atoms with van der Waals surface area (Å²) in [6, 6.07) is 1.90. The van der Waals surface area contributed by atoms with Crippen molar-refractivity contribution < 1.29 is 9.47 Å². The molecular formula is C11H18ClN3O2. The Balaban J connectivity index is 2.78. The predicted molar refractivity (Wildman–Crippen MR) is 67.7 cm³/mol. The van der Waals surface area contributed by atoms with E-state index in [4.69, 9.17) is 21.1 Å². The zero-order valence-electron chi connectivity index (χ0n) is 10.4. The maximum Gasteiger partial charge on any atom is 0.224 e. The van der Waals surface area contributed by atoms with Crippen molar-refractivity contribution in [3.63, 3.8) is 0 Å². The van der Waals surface area contributed by atoms with E-state index >= 15 is 0 Å². The first-order valence-corrected chi connectivity index (χ1v) is 5.79. The van der Waals surface area contributed by atoms with Crippen LogP contribution in [-0.4, -0.2) is 50.5 Å². The number of nitrogens with zero attached hydrogens (tertiary/aromatic N) is 3. The highest BCUT2D eigenvalue weighted by atomic mass is 35.5. The maximum atomic E-state index is 5.85. The van der Waals surface area contributed by atoms with Crippen LogP contribution in [0.2, 0.25) is 5.28 Å². The molecule has 0 saturated heterocycles. The summed E-state index contributed by atoms with van der Waals surface area (Å²) in [6.45, 7) is 4.63. The van der Waals surface area contributed by atoms with E-state index < -0.39 is 0 Å². The molecule has 96 valence electrons. The minimum atomic E-state index is 0.264. The number of hydrogen-bond donors (Lipinski definition) is 0. The van der Waals surface area contributed by atoms with Gasteiger partial charge in [0.05, 0.1) is 13.2 Å². The number of anilines is 1. The van der Waals surface area contributed by atoms with Crippen molar-refractivity contribution in [1.82, 2.24) is 9.97 Å². The van der Waals surface area contributed by atoms with Gasteiger partial charge in [-0.25, -0.2) is 9.97 Å². The second kappa shape index (κ2) is 7.42. The van der Waals surface area contributed by atoms with Gasteiger partial charge in [0.25, 0.3) is 0 Å². The molecule has 1 aromatic rings. The normalized spacial score (nSPS) is 10.6. The fourth-order valence-corrected chi connectivity index (χ4v) is 1.64. The molecule has 17 heavy (non-hydrogen) atoms. The molecule has 0 radical (unpaired) electrons. The smallest absolute Gasteiger partial charge is 0.224 e. The van der Waals surface area contributed by atoms with Crippen LogP contribution < -0.4 is 4.90 Å². The zero-order valence-corrected chi connectivity index (χ0v) is 11.2. The summed E-state index contributed by atoms with van der Waals surface area (Å²) >= 11 is 5.85. The summed E-state index contributed by atoms with van der Waals surface area (Å²) < 4.78 is 10.2. The van der Waals surface area contributed by atoms with Crippen LogP contribution in [-0.2, 0) is 9.47 Å². The van der Waals surface area contributed by atoms with E-state index in [2.05, 4.69) is 14.9 Å². The van der Waals surface area contributed by atoms with Gasteiger partial charge in [0, 0.05) is 39.1 Å². The van der Waals surface area contributed by atoms with Crippen LogP contribution in [0.1, 0.15) is 5.69 Å². The van der Waals surface area contributed by atoms with Crippen molar-refractivity contribution in [1.29, 1.82) is 0 Å². The van der Waals surface area contributed by atoms with Crippen molar-refractivity contribution in [2.24, 2.45) is 0 Å². The minimum absolute atomic E-state index is 0.264. The molecule has 1 rings (SSSR count). The van der Waals surface area contributed by atoms with E-state index in [0.717, 1.165) is 24.6 Å². The average molecular weight is 260 g/mol. The van der Waals surface area contributed by atoms with Crippen molar-refractivity contribution in [2.75, 3.05) is 45.4 Å². The summed E-state index contributed by atoms with van der Waals surface area (Å²) in [7, 11) is 3.35. The molecule has 0 bridgehead atoms. The molecule has 0 spiro atoms. The van der Waals surface area contributed by atoms with E-state index in [1.165, 1.54) is 0 Å². The number of aromatic nitrogens is 2. The highest BCUT2D eigenvalue weighted by Gasteiger charge is 2.09. The highest BCUT2D eigenvalue weighted by Crippen LogP contribution is 2.14. The molecule has 0 aromatic carbocycles. The fraction of sp³-hybridized carbons (Fsp3) is 0.636. The van der Waals surface area contributed by atoms with E-state index in [0.29, 0.717) is 13.2 Å². The monoisotopic (exact) mass is 259 g/mol. The van der Waals surface area contributed by atoms with Gasteiger partial charge in [0.1, 0.15) is 5.82 Å². The Bertz CT molecular complexity index is 321. The van der Waals surface area contributed by atoms with Crippen molar-refractivity contribution >= 4 is 17.4 Å². The first-order valence-electron chi connectivity index (χ1n) is 5.41. The topological polar surface area (TPSA) is 47.5 Å². The third kappa shape index (κ3) is 4.85. The lowest BCUT2D eigenvalue weighted by Crippen LogP contribution is -2.31. The fourth-order valence-electron chi connectivity index (χ4n) is 1.42. The van der Waals surface area contributed by atoms with Crippen molar-refractivity contribution in [2.45, 2.75) is 6.92 Å². The first-order chi connectivity index (χ1) is 8.17. The van der Waals surface area contributed by atoms with Gasteiger partial charge in [0.2, 0.25) is 5.28 Å². The van der Waals surface area contributed by atoms with E-state index in [9.17, 15) is 0 Å². The second-order valence-corrected chi connectivity index (χ2v) is 3.95. The summed E-state index contributed by atoms with van der Waals surface area (Å²) in [4.78, 5) is 10.3. The first kappa shape index (κ1) is 14.2. The Kier molecular flexibility index (Phi) is 6.18. The Morgan fingerprint density at radius 2 is 1.76 bits per heavy atom. The molecule has 0 fully saturated rings. The Hall–Kier alpha value is -0.910. The third-order valence-electron chi connectivity index (χ3n) is 2.27. The standard InChI is InChI=1S/C11H18ClN3O2/c1-9-8-10(14-11(12)13-9)15(4-6-16-2)5-7-17-3/h8H,4-7H2,1-3H3. The van der Waals surface area contributed by atoms with E-state index in [1.807, 2.05) is 13.0 Å². The quantitative estimate of drug-likeness (QED) is 0.695. The van der Waals surface area contributed by atoms with Crippen LogP contribution in [0.4, 0.5) is 5.82 Å². The minimum Gasteiger partial charge on any atom is -0.383 e. The summed E-state index contributed by atoms with van der Waals surface area (Å²) in [5.74, 6) is 0.802. The molecule has 0 amide bonds. The molecule has 0 atom stereocenters. The van der Waals surface area contributed by atoms with Gasteiger partial charge in [-0.2, -0.15) is 0 Å². The van der Waals surface area contributed by atoms with Crippen LogP contribution >= 0.6 is 11.6 Å². The van der Waals surface area contributed by atoms with Crippen molar-refractivity contribution in [3.8, 4) is 0 Å². The zero-order chi connectivity index (χ0) is 12.7. The Morgan fingerprint density at radius 3 is 2.24 bits per heavy atom. The number of ether oxygens (including phenoxy) is 2. The van der Waals surface area contributed by atoms with Gasteiger partial charge < -0.3 is 14.4 Å². The number of methoxy groups -OCH3 is 2. The van der Waals surface area contributed by atoms with Gasteiger partial charge in [-0.05, 0) is 18.5 Å². The summed E-state index contributed by atoms with van der Waals surface area (Å²) in [6.07, 6.45) is 0. The lowest BCUT2D eigenvalue weighted by molar-refractivity contribution is 0.190. The molecule has 0 N–H and O–H groups in total. The van der Waals surface area contributed by atoms with Crippen molar-refractivity contribution in [3.05, 3.63) is 17.0 Å². The van der Waals surface area contributed by atoms with Gasteiger partial charge in [0.15, 0.2) is 0 Å². The number of rotatable bonds is 7. The van der Waals surface area contributed by atoms with Crippen LogP contribution in [0.15, 0.2) is 6.07 Å². The Labute approximate surface area is 107 Å². The van der Waals surface area contributed by atoms with Crippen LogP contribution in [0.5, 0.6) is 0 Å². The molecule has 0 aliphatic rings. The maximum absolute atomic E-state index is 5.85. The molecule has 0 aliphatic carbocycles. The lowest BCUT2D eigenvalue weighted by atomic mass is 10.4. The average Bonchev–Trinajstić information content (AvgIpc) is 2.28. The summed E-state index contributed by atoms with van der Waals surface area (Å²) in [5.41, 5.74) is 0.847. The van der Waals surface area contributed by atoms with Crippen LogP contribution in [0, 0.1) is 6.92 Å². The summed E-state index contributed by atoms with van der Waals surface area (Å²) in [5, 5.41) is 0.264. The van der Waals surface area contributed by atoms with E-state index in [1.54, 1.807) is 14.2 Å². The number of aryl methyl sites for hydroxylation is 1. The van der Waals surface area contributed by atoms with Gasteiger partial charge >= 0.3 is 0 Å². The molecule has 1 aromatic heterocycles. The van der Waals surface area contributed by atoms with Crippen LogP contribution in [0.25, 0.3) is 0 Å². The largest absolute Gasteiger partial charge is 0.383 e. The number of halogens is 1. The molecular weight excluding hydrogens is 242 g/mol. The molecule has 0 saturated carbocycles. The Morgan fingerprint density at radius 1 is 1.18 bits per heavy atom. The second-order valence-electron chi connectivity index (χ2n) is 3.61.